The normalized spacial score (nSPS) is 41.2. The van der Waals surface area contributed by atoms with E-state index < -0.39 is 5.97 Å². The summed E-state index contributed by atoms with van der Waals surface area (Å²) in [6, 6.07) is 0. The number of rotatable bonds is 5. The lowest BCUT2D eigenvalue weighted by atomic mass is 9.49. The van der Waals surface area contributed by atoms with Gasteiger partial charge in [-0.3, -0.25) is 0 Å². The van der Waals surface area contributed by atoms with E-state index in [0.717, 1.165) is 36.0 Å². The van der Waals surface area contributed by atoms with Gasteiger partial charge in [-0.2, -0.15) is 0 Å². The van der Waals surface area contributed by atoms with E-state index in [1.807, 2.05) is 0 Å². The second-order valence-corrected chi connectivity index (χ2v) is 7.43. The van der Waals surface area contributed by atoms with E-state index in [4.69, 9.17) is 5.11 Å². The van der Waals surface area contributed by atoms with Crippen molar-refractivity contribution in [2.75, 3.05) is 0 Å². The van der Waals surface area contributed by atoms with Crippen LogP contribution < -0.4 is 0 Å². The summed E-state index contributed by atoms with van der Waals surface area (Å²) in [4.78, 5) is 10.8. The van der Waals surface area contributed by atoms with Gasteiger partial charge in [0.2, 0.25) is 0 Å². The first-order valence-corrected chi connectivity index (χ1v) is 7.95. The lowest BCUT2D eigenvalue weighted by Gasteiger charge is -2.56. The molecule has 4 bridgehead atoms. The second kappa shape index (κ2) is 4.96. The fourth-order valence-electron chi connectivity index (χ4n) is 5.60. The second-order valence-electron chi connectivity index (χ2n) is 7.43. The molecule has 0 heterocycles. The van der Waals surface area contributed by atoms with Crippen LogP contribution in [-0.4, -0.2) is 11.1 Å². The molecule has 2 nitrogen and oxygen atoms in total. The zero-order valence-corrected chi connectivity index (χ0v) is 12.0. The molecule has 4 rings (SSSR count). The molecule has 0 radical (unpaired) electrons. The van der Waals surface area contributed by atoms with Crippen LogP contribution in [0.15, 0.2) is 12.2 Å². The van der Waals surface area contributed by atoms with Gasteiger partial charge in [0, 0.05) is 5.57 Å². The van der Waals surface area contributed by atoms with Crippen molar-refractivity contribution in [2.24, 2.45) is 35.5 Å². The molecule has 0 aromatic rings. The number of hydrogen-bond donors (Lipinski definition) is 1. The third-order valence-corrected chi connectivity index (χ3v) is 6.16. The van der Waals surface area contributed by atoms with E-state index in [1.165, 1.54) is 32.1 Å². The predicted molar refractivity (Wildman–Crippen MR) is 75.7 cm³/mol. The quantitative estimate of drug-likeness (QED) is 0.757. The number of aliphatic carboxylic acids is 1. The highest BCUT2D eigenvalue weighted by molar-refractivity contribution is 5.85. The minimum Gasteiger partial charge on any atom is -0.478 e. The Hall–Kier alpha value is -0.790. The largest absolute Gasteiger partial charge is 0.478 e. The zero-order valence-electron chi connectivity index (χ0n) is 12.0. The zero-order chi connectivity index (χ0) is 13.6. The Morgan fingerprint density at radius 3 is 2.16 bits per heavy atom. The van der Waals surface area contributed by atoms with E-state index in [-0.39, 0.29) is 0 Å². The molecule has 4 aliphatic carbocycles. The predicted octanol–water partition coefficient (Wildman–Crippen LogP) is 4.12. The SMILES string of the molecule is C=C(CCC(C)C1C2CC3CC(C2)CC1C3)C(=O)O. The molecule has 0 amide bonds. The van der Waals surface area contributed by atoms with Crippen molar-refractivity contribution in [1.29, 1.82) is 0 Å². The van der Waals surface area contributed by atoms with Gasteiger partial charge in [-0.05, 0) is 80.5 Å². The topological polar surface area (TPSA) is 37.3 Å². The molecule has 4 fully saturated rings. The van der Waals surface area contributed by atoms with Crippen molar-refractivity contribution in [1.82, 2.24) is 0 Å². The monoisotopic (exact) mass is 262 g/mol. The molecule has 106 valence electrons. The van der Waals surface area contributed by atoms with Gasteiger partial charge < -0.3 is 5.11 Å². The molecular weight excluding hydrogens is 236 g/mol. The lowest BCUT2D eigenvalue weighted by Crippen LogP contribution is -2.47. The number of carbonyl (C=O) groups is 1. The fraction of sp³-hybridized carbons (Fsp3) is 0.824. The molecule has 1 N–H and O–H groups in total. The van der Waals surface area contributed by atoms with Gasteiger partial charge in [-0.25, -0.2) is 4.79 Å². The van der Waals surface area contributed by atoms with E-state index in [1.54, 1.807) is 0 Å². The minimum absolute atomic E-state index is 0.385. The van der Waals surface area contributed by atoms with Gasteiger partial charge in [-0.15, -0.1) is 0 Å². The van der Waals surface area contributed by atoms with Gasteiger partial charge in [0.1, 0.15) is 0 Å². The van der Waals surface area contributed by atoms with Crippen molar-refractivity contribution in [3.05, 3.63) is 12.2 Å². The molecule has 2 heteroatoms. The first kappa shape index (κ1) is 13.2. The van der Waals surface area contributed by atoms with Crippen LogP contribution in [0.1, 0.15) is 51.9 Å². The van der Waals surface area contributed by atoms with Crippen molar-refractivity contribution >= 4 is 5.97 Å². The molecular formula is C17H26O2. The fourth-order valence-corrected chi connectivity index (χ4v) is 5.60. The van der Waals surface area contributed by atoms with Gasteiger partial charge >= 0.3 is 5.97 Å². The highest BCUT2D eigenvalue weighted by Crippen LogP contribution is 2.58. The van der Waals surface area contributed by atoms with E-state index in [2.05, 4.69) is 13.5 Å². The molecule has 19 heavy (non-hydrogen) atoms. The maximum Gasteiger partial charge on any atom is 0.330 e. The molecule has 0 aromatic heterocycles. The van der Waals surface area contributed by atoms with Gasteiger partial charge in [0.05, 0.1) is 0 Å². The van der Waals surface area contributed by atoms with E-state index in [0.29, 0.717) is 17.9 Å². The summed E-state index contributed by atoms with van der Waals surface area (Å²) in [6.45, 7) is 6.01. The average molecular weight is 262 g/mol. The van der Waals surface area contributed by atoms with Crippen molar-refractivity contribution < 1.29 is 9.90 Å². The summed E-state index contributed by atoms with van der Waals surface area (Å²) in [5.41, 5.74) is 0.385. The van der Waals surface area contributed by atoms with Crippen LogP contribution in [0.2, 0.25) is 0 Å². The Labute approximate surface area is 116 Å². The van der Waals surface area contributed by atoms with Crippen LogP contribution >= 0.6 is 0 Å². The van der Waals surface area contributed by atoms with Crippen molar-refractivity contribution in [2.45, 2.75) is 51.9 Å². The van der Waals surface area contributed by atoms with Crippen molar-refractivity contribution in [3.63, 3.8) is 0 Å². The Morgan fingerprint density at radius 1 is 1.16 bits per heavy atom. The van der Waals surface area contributed by atoms with Gasteiger partial charge in [-0.1, -0.05) is 13.5 Å². The highest BCUT2D eigenvalue weighted by atomic mass is 16.4. The summed E-state index contributed by atoms with van der Waals surface area (Å²) in [5, 5.41) is 8.91. The summed E-state index contributed by atoms with van der Waals surface area (Å²) >= 11 is 0. The summed E-state index contributed by atoms with van der Waals surface area (Å²) in [7, 11) is 0. The highest BCUT2D eigenvalue weighted by Gasteiger charge is 2.49. The Kier molecular flexibility index (Phi) is 3.44. The average Bonchev–Trinajstić information content (AvgIpc) is 2.34. The van der Waals surface area contributed by atoms with Crippen LogP contribution in [0.4, 0.5) is 0 Å². The number of carboxylic acid groups (broad SMARTS) is 1. The first-order chi connectivity index (χ1) is 9.04. The van der Waals surface area contributed by atoms with Crippen LogP contribution in [0.5, 0.6) is 0 Å². The molecule has 1 atom stereocenters. The van der Waals surface area contributed by atoms with Gasteiger partial charge in [0.25, 0.3) is 0 Å². The number of hydrogen-bond acceptors (Lipinski definition) is 1. The molecule has 0 aromatic carbocycles. The summed E-state index contributed by atoms with van der Waals surface area (Å²) in [5.74, 6) is 4.67. The maximum atomic E-state index is 10.8. The molecule has 1 unspecified atom stereocenters. The first-order valence-electron chi connectivity index (χ1n) is 7.95. The Bertz CT molecular complexity index is 357. The molecule has 0 saturated heterocycles. The third-order valence-electron chi connectivity index (χ3n) is 6.16. The standard InChI is InChI=1S/C17H26O2/c1-10(3-4-11(2)17(18)19)16-14-6-12-5-13(8-14)9-15(16)7-12/h10,12-16H,2-9H2,1H3,(H,18,19). The molecule has 4 aliphatic rings. The third kappa shape index (κ3) is 2.46. The summed E-state index contributed by atoms with van der Waals surface area (Å²) < 4.78 is 0. The Morgan fingerprint density at radius 2 is 1.68 bits per heavy atom. The van der Waals surface area contributed by atoms with E-state index >= 15 is 0 Å². The minimum atomic E-state index is -0.822. The molecule has 0 aliphatic heterocycles. The van der Waals surface area contributed by atoms with Crippen LogP contribution in [-0.2, 0) is 4.79 Å². The van der Waals surface area contributed by atoms with Crippen molar-refractivity contribution in [3.8, 4) is 0 Å². The van der Waals surface area contributed by atoms with Gasteiger partial charge in [0.15, 0.2) is 0 Å². The van der Waals surface area contributed by atoms with Crippen LogP contribution in [0, 0.1) is 35.5 Å². The maximum absolute atomic E-state index is 10.8. The van der Waals surface area contributed by atoms with Crippen LogP contribution in [0.25, 0.3) is 0 Å². The lowest BCUT2D eigenvalue weighted by molar-refractivity contribution is -0.132. The van der Waals surface area contributed by atoms with Crippen LogP contribution in [0.3, 0.4) is 0 Å². The molecule has 0 spiro atoms. The Balaban J connectivity index is 1.59. The summed E-state index contributed by atoms with van der Waals surface area (Å²) in [6.07, 6.45) is 9.02. The molecule has 4 saturated carbocycles. The smallest absolute Gasteiger partial charge is 0.330 e. The number of carboxylic acids is 1. The van der Waals surface area contributed by atoms with E-state index in [9.17, 15) is 4.79 Å².